The van der Waals surface area contributed by atoms with Crippen molar-refractivity contribution in [1.82, 2.24) is 35.5 Å². The first kappa shape index (κ1) is 28.0. The second kappa shape index (κ2) is 13.2. The molecule has 3 N–H and O–H groups in total. The molecule has 0 aliphatic heterocycles. The fraction of sp³-hybridized carbons (Fsp3) is 0.344. The van der Waals surface area contributed by atoms with Crippen molar-refractivity contribution in [2.45, 2.75) is 59.4 Å². The highest BCUT2D eigenvalue weighted by molar-refractivity contribution is 5.86. The van der Waals surface area contributed by atoms with E-state index in [9.17, 15) is 4.79 Å². The zero-order valence-electron chi connectivity index (χ0n) is 24.1. The Labute approximate surface area is 240 Å². The van der Waals surface area contributed by atoms with Crippen molar-refractivity contribution >= 4 is 22.6 Å². The zero-order chi connectivity index (χ0) is 28.6. The zero-order valence-corrected chi connectivity index (χ0v) is 24.1. The first-order valence-electron chi connectivity index (χ1n) is 14.5. The van der Waals surface area contributed by atoms with Gasteiger partial charge in [-0.2, -0.15) is 0 Å². The first-order valence-corrected chi connectivity index (χ1v) is 14.5. The maximum absolute atomic E-state index is 12.3. The molecule has 1 amide bonds. The second-order valence-electron chi connectivity index (χ2n) is 10.4. The smallest absolute Gasteiger partial charge is 0.239 e. The standard InChI is InChI=1S/C32H38N8O/c1-4-6-9-17-33-30(41)20-34-25-18-22(3)31-28(19-25)40(29(35-31)10-5-2)21-23-13-15-24(16-14-23)26-11-7-8-12-27(26)32-36-38-39-37-32/h7-8,11-16,18-19,34H,4-6,9-10,17,20-21H2,1-3H3,(H,33,41)(H,36,37,38,39). The third-order valence-electron chi connectivity index (χ3n) is 7.29. The van der Waals surface area contributed by atoms with Crippen LogP contribution < -0.4 is 10.6 Å². The molecule has 0 fully saturated rings. The lowest BCUT2D eigenvalue weighted by Crippen LogP contribution is -2.30. The fourth-order valence-electron chi connectivity index (χ4n) is 5.17. The number of carbonyl (C=O) groups excluding carboxylic acids is 1. The van der Waals surface area contributed by atoms with E-state index in [1.807, 2.05) is 18.2 Å². The van der Waals surface area contributed by atoms with Gasteiger partial charge in [-0.25, -0.2) is 10.1 Å². The highest BCUT2D eigenvalue weighted by Gasteiger charge is 2.15. The lowest BCUT2D eigenvalue weighted by molar-refractivity contribution is -0.119. The van der Waals surface area contributed by atoms with Crippen molar-refractivity contribution in [3.05, 3.63) is 77.6 Å². The number of hydrogen-bond acceptors (Lipinski definition) is 6. The topological polar surface area (TPSA) is 113 Å². The van der Waals surface area contributed by atoms with Gasteiger partial charge in [-0.05, 0) is 64.6 Å². The summed E-state index contributed by atoms with van der Waals surface area (Å²) in [7, 11) is 0. The number of aryl methyl sites for hydroxylation is 2. The number of rotatable bonds is 13. The third kappa shape index (κ3) is 6.62. The molecule has 9 nitrogen and oxygen atoms in total. The van der Waals surface area contributed by atoms with Gasteiger partial charge in [-0.1, -0.05) is 75.2 Å². The van der Waals surface area contributed by atoms with E-state index >= 15 is 0 Å². The highest BCUT2D eigenvalue weighted by Crippen LogP contribution is 2.31. The predicted molar refractivity (Wildman–Crippen MR) is 164 cm³/mol. The molecule has 0 unspecified atom stereocenters. The Morgan fingerprint density at radius 1 is 0.976 bits per heavy atom. The maximum Gasteiger partial charge on any atom is 0.239 e. The van der Waals surface area contributed by atoms with Gasteiger partial charge in [0.15, 0.2) is 5.82 Å². The normalized spacial score (nSPS) is 11.2. The molecule has 0 aliphatic carbocycles. The van der Waals surface area contributed by atoms with Crippen LogP contribution in [0.3, 0.4) is 0 Å². The number of nitrogens with one attached hydrogen (secondary N) is 3. The van der Waals surface area contributed by atoms with Crippen LogP contribution in [0, 0.1) is 6.92 Å². The van der Waals surface area contributed by atoms with Gasteiger partial charge in [0, 0.05) is 30.8 Å². The van der Waals surface area contributed by atoms with E-state index in [0.717, 1.165) is 83.4 Å². The van der Waals surface area contributed by atoms with Crippen LogP contribution in [0.5, 0.6) is 0 Å². The second-order valence-corrected chi connectivity index (χ2v) is 10.4. The molecular formula is C32H38N8O. The molecule has 2 heterocycles. The number of carbonyl (C=O) groups is 1. The van der Waals surface area contributed by atoms with Crippen molar-refractivity contribution in [3.63, 3.8) is 0 Å². The molecule has 0 atom stereocenters. The summed E-state index contributed by atoms with van der Waals surface area (Å²) in [5, 5.41) is 20.8. The number of hydrogen-bond donors (Lipinski definition) is 3. The van der Waals surface area contributed by atoms with E-state index in [4.69, 9.17) is 4.98 Å². The number of unbranched alkanes of at least 4 members (excludes halogenated alkanes) is 2. The minimum Gasteiger partial charge on any atom is -0.376 e. The molecule has 0 spiro atoms. The molecule has 5 aromatic rings. The number of tetrazole rings is 1. The summed E-state index contributed by atoms with van der Waals surface area (Å²) in [4.78, 5) is 17.4. The van der Waals surface area contributed by atoms with Gasteiger partial charge < -0.3 is 15.2 Å². The number of benzene rings is 3. The molecule has 0 bridgehead atoms. The number of nitrogens with zero attached hydrogens (tertiary/aromatic N) is 5. The van der Waals surface area contributed by atoms with Crippen LogP contribution in [-0.4, -0.2) is 49.2 Å². The molecule has 2 aromatic heterocycles. The Bertz CT molecular complexity index is 1590. The Kier molecular flexibility index (Phi) is 9.03. The predicted octanol–water partition coefficient (Wildman–Crippen LogP) is 5.91. The van der Waals surface area contributed by atoms with E-state index in [1.165, 1.54) is 5.56 Å². The lowest BCUT2D eigenvalue weighted by atomic mass is 9.98. The summed E-state index contributed by atoms with van der Waals surface area (Å²) in [5.74, 6) is 1.73. The first-order chi connectivity index (χ1) is 20.1. The van der Waals surface area contributed by atoms with Crippen LogP contribution in [0.1, 0.15) is 56.5 Å². The summed E-state index contributed by atoms with van der Waals surface area (Å²) in [6.45, 7) is 8.11. The van der Waals surface area contributed by atoms with Crippen LogP contribution in [0.2, 0.25) is 0 Å². The summed E-state index contributed by atoms with van der Waals surface area (Å²) in [6.07, 6.45) is 5.19. The average Bonchev–Trinajstić information content (AvgIpc) is 3.64. The number of H-pyrrole nitrogens is 1. The number of amides is 1. The maximum atomic E-state index is 12.3. The van der Waals surface area contributed by atoms with Crippen molar-refractivity contribution in [1.29, 1.82) is 0 Å². The number of imidazole rings is 1. The third-order valence-corrected chi connectivity index (χ3v) is 7.29. The van der Waals surface area contributed by atoms with E-state index in [2.05, 4.69) is 99.1 Å². The van der Waals surface area contributed by atoms with Gasteiger partial charge in [0.25, 0.3) is 0 Å². The van der Waals surface area contributed by atoms with Crippen molar-refractivity contribution in [3.8, 4) is 22.5 Å². The van der Waals surface area contributed by atoms with Crippen LogP contribution >= 0.6 is 0 Å². The Hall–Kier alpha value is -4.53. The molecule has 5 rings (SSSR count). The Morgan fingerprint density at radius 2 is 1.78 bits per heavy atom. The molecule has 0 saturated heterocycles. The van der Waals surface area contributed by atoms with E-state index in [-0.39, 0.29) is 12.5 Å². The highest BCUT2D eigenvalue weighted by atomic mass is 16.1. The SMILES string of the molecule is CCCCCNC(=O)CNc1cc(C)c2nc(CCC)n(Cc3ccc(-c4ccccc4-c4nnn[nH]4)cc3)c2c1. The summed E-state index contributed by atoms with van der Waals surface area (Å²) in [5.41, 5.74) is 8.42. The molecule has 9 heteroatoms. The summed E-state index contributed by atoms with van der Waals surface area (Å²) < 4.78 is 2.31. The molecule has 41 heavy (non-hydrogen) atoms. The Balaban J connectivity index is 1.38. The molecular weight excluding hydrogens is 512 g/mol. The average molecular weight is 551 g/mol. The van der Waals surface area contributed by atoms with Gasteiger partial charge in [-0.3, -0.25) is 4.79 Å². The monoisotopic (exact) mass is 550 g/mol. The largest absolute Gasteiger partial charge is 0.376 e. The quantitative estimate of drug-likeness (QED) is 0.157. The molecule has 0 aliphatic rings. The van der Waals surface area contributed by atoms with Crippen molar-refractivity contribution in [2.24, 2.45) is 0 Å². The van der Waals surface area contributed by atoms with E-state index in [1.54, 1.807) is 0 Å². The molecule has 0 radical (unpaired) electrons. The number of aromatic amines is 1. The summed E-state index contributed by atoms with van der Waals surface area (Å²) >= 11 is 0. The van der Waals surface area contributed by atoms with Crippen LogP contribution in [-0.2, 0) is 17.8 Å². The van der Waals surface area contributed by atoms with Crippen LogP contribution in [0.4, 0.5) is 5.69 Å². The van der Waals surface area contributed by atoms with Crippen molar-refractivity contribution in [2.75, 3.05) is 18.4 Å². The summed E-state index contributed by atoms with van der Waals surface area (Å²) in [6, 6.07) is 20.9. The van der Waals surface area contributed by atoms with Crippen LogP contribution in [0.15, 0.2) is 60.7 Å². The molecule has 212 valence electrons. The minimum absolute atomic E-state index is 0.0141. The fourth-order valence-corrected chi connectivity index (χ4v) is 5.17. The van der Waals surface area contributed by atoms with Crippen LogP contribution in [0.25, 0.3) is 33.5 Å². The number of aromatic nitrogens is 6. The lowest BCUT2D eigenvalue weighted by Gasteiger charge is -2.13. The Morgan fingerprint density at radius 3 is 2.51 bits per heavy atom. The van der Waals surface area contributed by atoms with Gasteiger partial charge in [0.1, 0.15) is 5.82 Å². The number of fused-ring (bicyclic) bond motifs is 1. The van der Waals surface area contributed by atoms with Crippen molar-refractivity contribution < 1.29 is 4.79 Å². The van der Waals surface area contributed by atoms with Gasteiger partial charge >= 0.3 is 0 Å². The van der Waals surface area contributed by atoms with E-state index in [0.29, 0.717) is 12.4 Å². The van der Waals surface area contributed by atoms with E-state index < -0.39 is 0 Å². The van der Waals surface area contributed by atoms with Gasteiger partial charge in [-0.15, -0.1) is 5.10 Å². The number of anilines is 1. The van der Waals surface area contributed by atoms with Gasteiger partial charge in [0.05, 0.1) is 17.6 Å². The van der Waals surface area contributed by atoms with Gasteiger partial charge in [0.2, 0.25) is 5.91 Å². The minimum atomic E-state index is 0.0141. The molecule has 0 saturated carbocycles. The molecule has 3 aromatic carbocycles.